The number of thioether (sulfide) groups is 1. The molecule has 5 heteroatoms. The summed E-state index contributed by atoms with van der Waals surface area (Å²) in [4.78, 5) is 4.93. The van der Waals surface area contributed by atoms with Gasteiger partial charge in [-0.3, -0.25) is 4.99 Å². The first kappa shape index (κ1) is 22.2. The number of nitrogens with zero attached hydrogens (tertiary/aromatic N) is 1. The zero-order valence-electron chi connectivity index (χ0n) is 17.2. The first-order chi connectivity index (χ1) is 12.7. The Labute approximate surface area is 164 Å². The van der Waals surface area contributed by atoms with Gasteiger partial charge in [0.15, 0.2) is 0 Å². The molecule has 1 heterocycles. The van der Waals surface area contributed by atoms with Gasteiger partial charge in [0, 0.05) is 31.0 Å². The second kappa shape index (κ2) is 12.4. The van der Waals surface area contributed by atoms with Gasteiger partial charge in [-0.25, -0.2) is 0 Å². The molecule has 0 aromatic heterocycles. The Morgan fingerprint density at radius 3 is 2.19 bits per heavy atom. The third kappa shape index (κ3) is 6.50. The van der Waals surface area contributed by atoms with Crippen LogP contribution in [0.4, 0.5) is 0 Å². The molecule has 1 aliphatic carbocycles. The molecule has 0 unspecified atom stereocenters. The van der Waals surface area contributed by atoms with E-state index >= 15 is 0 Å². The summed E-state index contributed by atoms with van der Waals surface area (Å²) in [6.07, 6.45) is 8.12. The smallest absolute Gasteiger partial charge is 0.107 e. The fraction of sp³-hybridized carbons (Fsp3) is 0.952. The summed E-state index contributed by atoms with van der Waals surface area (Å²) in [7, 11) is 0. The maximum atomic E-state index is 6.40. The van der Waals surface area contributed by atoms with E-state index in [0.29, 0.717) is 11.2 Å². The molecule has 26 heavy (non-hydrogen) atoms. The molecule has 152 valence electrons. The third-order valence-corrected chi connectivity index (χ3v) is 6.50. The first-order valence-electron chi connectivity index (χ1n) is 10.7. The van der Waals surface area contributed by atoms with Gasteiger partial charge in [0.1, 0.15) is 6.10 Å². The standard InChI is InChI=1S/C21H39NO3S/c1-5-8-11-23-15-17-14-18-19(22-16(4)26-18)21(25-13-10-7-3)20(17)24-12-9-6-2/h17-21H,5-15H2,1-4H3/t17-,18+,19+,20-,21-/m1/s1. The molecule has 0 amide bonds. The minimum Gasteiger partial charge on any atom is -0.381 e. The van der Waals surface area contributed by atoms with Crippen LogP contribution in [0.15, 0.2) is 4.99 Å². The van der Waals surface area contributed by atoms with Gasteiger partial charge in [-0.15, -0.1) is 11.8 Å². The van der Waals surface area contributed by atoms with Crippen molar-refractivity contribution in [3.8, 4) is 0 Å². The van der Waals surface area contributed by atoms with Crippen LogP contribution < -0.4 is 0 Å². The van der Waals surface area contributed by atoms with E-state index in [-0.39, 0.29) is 18.2 Å². The van der Waals surface area contributed by atoms with E-state index in [1.54, 1.807) is 0 Å². The number of ether oxygens (including phenoxy) is 3. The second-order valence-electron chi connectivity index (χ2n) is 7.60. The molecule has 2 rings (SSSR count). The van der Waals surface area contributed by atoms with Crippen LogP contribution in [0.3, 0.4) is 0 Å². The average Bonchev–Trinajstić information content (AvgIpc) is 3.00. The van der Waals surface area contributed by atoms with Gasteiger partial charge in [-0.1, -0.05) is 40.0 Å². The topological polar surface area (TPSA) is 40.0 Å². The summed E-state index contributed by atoms with van der Waals surface area (Å²) in [6, 6.07) is 0.246. The molecule has 0 saturated heterocycles. The van der Waals surface area contributed by atoms with Gasteiger partial charge in [0.2, 0.25) is 0 Å². The molecule has 0 N–H and O–H groups in total. The lowest BCUT2D eigenvalue weighted by molar-refractivity contribution is -0.135. The van der Waals surface area contributed by atoms with Crippen LogP contribution in [0.5, 0.6) is 0 Å². The molecular weight excluding hydrogens is 346 g/mol. The Bertz CT molecular complexity index is 418. The molecule has 4 nitrogen and oxygen atoms in total. The molecule has 0 aromatic carbocycles. The van der Waals surface area contributed by atoms with E-state index in [0.717, 1.165) is 65.0 Å². The Morgan fingerprint density at radius 2 is 1.54 bits per heavy atom. The quantitative estimate of drug-likeness (QED) is 0.414. The average molecular weight is 386 g/mol. The highest BCUT2D eigenvalue weighted by molar-refractivity contribution is 8.14. The Morgan fingerprint density at radius 1 is 0.923 bits per heavy atom. The summed E-state index contributed by atoms with van der Waals surface area (Å²) in [5.74, 6) is 0.408. The summed E-state index contributed by atoms with van der Waals surface area (Å²) in [6.45, 7) is 12.0. The van der Waals surface area contributed by atoms with Gasteiger partial charge in [0.05, 0.1) is 23.8 Å². The number of hydrogen-bond donors (Lipinski definition) is 0. The van der Waals surface area contributed by atoms with Crippen molar-refractivity contribution in [2.75, 3.05) is 26.4 Å². The van der Waals surface area contributed by atoms with E-state index in [1.807, 2.05) is 11.8 Å². The minimum atomic E-state index is 0.0712. The summed E-state index contributed by atoms with van der Waals surface area (Å²) in [5.41, 5.74) is 0. The summed E-state index contributed by atoms with van der Waals surface area (Å²) >= 11 is 1.93. The minimum absolute atomic E-state index is 0.0712. The summed E-state index contributed by atoms with van der Waals surface area (Å²) < 4.78 is 18.8. The molecule has 5 atom stereocenters. The third-order valence-electron chi connectivity index (χ3n) is 5.28. The molecule has 1 fully saturated rings. The maximum absolute atomic E-state index is 6.40. The van der Waals surface area contributed by atoms with Gasteiger partial charge < -0.3 is 14.2 Å². The van der Waals surface area contributed by atoms with Gasteiger partial charge >= 0.3 is 0 Å². The van der Waals surface area contributed by atoms with Crippen LogP contribution in [0.1, 0.15) is 72.6 Å². The lowest BCUT2D eigenvalue weighted by Crippen LogP contribution is -2.54. The molecular formula is C21H39NO3S. The highest BCUT2D eigenvalue weighted by Crippen LogP contribution is 2.42. The fourth-order valence-corrected chi connectivity index (χ4v) is 5.10. The summed E-state index contributed by atoms with van der Waals surface area (Å²) in [5, 5.41) is 1.72. The van der Waals surface area contributed by atoms with Crippen molar-refractivity contribution in [3.63, 3.8) is 0 Å². The van der Waals surface area contributed by atoms with Gasteiger partial charge in [-0.05, 0) is 32.6 Å². The van der Waals surface area contributed by atoms with Crippen LogP contribution in [-0.4, -0.2) is 55.0 Å². The van der Waals surface area contributed by atoms with E-state index < -0.39 is 0 Å². The molecule has 0 radical (unpaired) electrons. The lowest BCUT2D eigenvalue weighted by Gasteiger charge is -2.43. The largest absolute Gasteiger partial charge is 0.381 e. The monoisotopic (exact) mass is 385 g/mol. The molecule has 0 spiro atoms. The molecule has 1 saturated carbocycles. The van der Waals surface area contributed by atoms with E-state index in [1.165, 1.54) is 11.5 Å². The Kier molecular flexibility index (Phi) is 10.6. The van der Waals surface area contributed by atoms with E-state index in [9.17, 15) is 0 Å². The molecule has 2 aliphatic rings. The molecule has 1 aliphatic heterocycles. The van der Waals surface area contributed by atoms with Crippen molar-refractivity contribution >= 4 is 16.8 Å². The van der Waals surface area contributed by atoms with Gasteiger partial charge in [-0.2, -0.15) is 0 Å². The van der Waals surface area contributed by atoms with Crippen molar-refractivity contribution in [2.24, 2.45) is 10.9 Å². The predicted octanol–water partition coefficient (Wildman–Crippen LogP) is 5.10. The number of aliphatic imine (C=N–C) groups is 1. The number of unbranched alkanes of at least 4 members (excludes halogenated alkanes) is 3. The fourth-order valence-electron chi connectivity index (χ4n) is 3.78. The van der Waals surface area contributed by atoms with Crippen molar-refractivity contribution in [3.05, 3.63) is 0 Å². The van der Waals surface area contributed by atoms with Gasteiger partial charge in [0.25, 0.3) is 0 Å². The number of fused-ring (bicyclic) bond motifs is 1. The van der Waals surface area contributed by atoms with E-state index in [4.69, 9.17) is 19.2 Å². The van der Waals surface area contributed by atoms with Crippen LogP contribution >= 0.6 is 11.8 Å². The Hall–Kier alpha value is -0.100. The van der Waals surface area contributed by atoms with Crippen LogP contribution in [0.25, 0.3) is 0 Å². The number of hydrogen-bond acceptors (Lipinski definition) is 5. The van der Waals surface area contributed by atoms with Crippen LogP contribution in [-0.2, 0) is 14.2 Å². The normalized spacial score (nSPS) is 31.1. The zero-order valence-corrected chi connectivity index (χ0v) is 18.1. The van der Waals surface area contributed by atoms with Crippen molar-refractivity contribution in [2.45, 2.75) is 96.1 Å². The molecule has 0 bridgehead atoms. The van der Waals surface area contributed by atoms with E-state index in [2.05, 4.69) is 27.7 Å². The van der Waals surface area contributed by atoms with Crippen LogP contribution in [0, 0.1) is 5.92 Å². The van der Waals surface area contributed by atoms with Crippen molar-refractivity contribution in [1.82, 2.24) is 0 Å². The highest BCUT2D eigenvalue weighted by Gasteiger charge is 2.48. The van der Waals surface area contributed by atoms with Crippen LogP contribution in [0.2, 0.25) is 0 Å². The zero-order chi connectivity index (χ0) is 18.8. The van der Waals surface area contributed by atoms with Crippen molar-refractivity contribution < 1.29 is 14.2 Å². The maximum Gasteiger partial charge on any atom is 0.107 e. The second-order valence-corrected chi connectivity index (χ2v) is 9.03. The predicted molar refractivity (Wildman–Crippen MR) is 111 cm³/mol. The SMILES string of the molecule is CCCCOC[C@H]1C[C@@H]2SC(C)=N[C@@H]2[C@@H](OCCCC)[C@@H]1OCCCC. The highest BCUT2D eigenvalue weighted by atomic mass is 32.2. The lowest BCUT2D eigenvalue weighted by atomic mass is 9.81. The molecule has 0 aromatic rings. The first-order valence-corrected chi connectivity index (χ1v) is 11.6. The van der Waals surface area contributed by atoms with Crippen molar-refractivity contribution in [1.29, 1.82) is 0 Å². The Balaban J connectivity index is 2.06. The number of rotatable bonds is 13.